The molecule has 0 bridgehead atoms. The van der Waals surface area contributed by atoms with Crippen LogP contribution in [0, 0.1) is 30.3 Å². The van der Waals surface area contributed by atoms with Gasteiger partial charge in [0.2, 0.25) is 0 Å². The number of nitro benzene ring substituents is 3. The largest absolute Gasteiger partial charge is 0.302 e. The second kappa shape index (κ2) is 11.2. The van der Waals surface area contributed by atoms with Gasteiger partial charge in [-0.2, -0.15) is 5.10 Å². The molecule has 4 aromatic rings. The summed E-state index contributed by atoms with van der Waals surface area (Å²) in [5, 5.41) is 46.7. The Labute approximate surface area is 217 Å². The molecule has 0 spiro atoms. The summed E-state index contributed by atoms with van der Waals surface area (Å²) in [6, 6.07) is 10.8. The van der Waals surface area contributed by atoms with Crippen molar-refractivity contribution in [2.75, 3.05) is 5.43 Å². The molecule has 0 atom stereocenters. The van der Waals surface area contributed by atoms with Crippen LogP contribution >= 0.6 is 11.8 Å². The number of nitro groups is 3. The third-order valence-corrected chi connectivity index (χ3v) is 6.23. The predicted octanol–water partition coefficient (Wildman–Crippen LogP) is 4.68. The monoisotopic (exact) mass is 535 g/mol. The Morgan fingerprint density at radius 3 is 2.29 bits per heavy atom. The first-order chi connectivity index (χ1) is 18.3. The number of nitrogens with one attached hydrogen (secondary N) is 1. The molecule has 0 unspecified atom stereocenters. The van der Waals surface area contributed by atoms with Gasteiger partial charge in [-0.3, -0.25) is 40.8 Å². The zero-order chi connectivity index (χ0) is 27.2. The zero-order valence-electron chi connectivity index (χ0n) is 19.5. The van der Waals surface area contributed by atoms with E-state index in [1.165, 1.54) is 30.1 Å². The minimum absolute atomic E-state index is 0.0933. The fourth-order valence-corrected chi connectivity index (χ4v) is 4.33. The van der Waals surface area contributed by atoms with Gasteiger partial charge in [-0.25, -0.2) is 0 Å². The number of pyridine rings is 1. The van der Waals surface area contributed by atoms with Crippen LogP contribution < -0.4 is 5.43 Å². The number of hydrazone groups is 1. The summed E-state index contributed by atoms with van der Waals surface area (Å²) in [6.07, 6.45) is 4.55. The fraction of sp³-hybridized carbons (Fsp3) is 0.0909. The number of hydrogen-bond acceptors (Lipinski definition) is 12. The van der Waals surface area contributed by atoms with Crippen LogP contribution in [0.15, 0.2) is 76.1 Å². The Hall–Kier alpha value is -5.25. The lowest BCUT2D eigenvalue weighted by Gasteiger charge is -2.09. The molecular weight excluding hydrogens is 518 g/mol. The molecule has 0 aliphatic carbocycles. The molecule has 0 radical (unpaired) electrons. The Bertz CT molecular complexity index is 1560. The third kappa shape index (κ3) is 5.59. The normalized spacial score (nSPS) is 11.0. The maximum absolute atomic E-state index is 11.4. The molecule has 2 heterocycles. The number of aromatic nitrogens is 4. The highest BCUT2D eigenvalue weighted by molar-refractivity contribution is 7.99. The fourth-order valence-electron chi connectivity index (χ4n) is 3.36. The second-order valence-corrected chi connectivity index (χ2v) is 8.46. The van der Waals surface area contributed by atoms with E-state index in [9.17, 15) is 30.3 Å². The molecule has 4 rings (SSSR count). The topological polar surface area (TPSA) is 197 Å². The van der Waals surface area contributed by atoms with Gasteiger partial charge in [0, 0.05) is 53.2 Å². The van der Waals surface area contributed by atoms with Crippen molar-refractivity contribution in [3.05, 3.63) is 96.8 Å². The predicted molar refractivity (Wildman–Crippen MR) is 137 cm³/mol. The average molecular weight is 536 g/mol. The highest BCUT2D eigenvalue weighted by Crippen LogP contribution is 2.33. The minimum atomic E-state index is -0.780. The van der Waals surface area contributed by atoms with E-state index in [1.54, 1.807) is 30.6 Å². The molecule has 0 fully saturated rings. The zero-order valence-corrected chi connectivity index (χ0v) is 20.3. The van der Waals surface area contributed by atoms with Gasteiger partial charge in [-0.1, -0.05) is 0 Å². The number of nitrogens with zero attached hydrogens (tertiary/aromatic N) is 8. The summed E-state index contributed by atoms with van der Waals surface area (Å²) in [5.41, 5.74) is 2.35. The molecule has 16 heteroatoms. The first-order valence-corrected chi connectivity index (χ1v) is 11.6. The molecule has 2 aromatic carbocycles. The van der Waals surface area contributed by atoms with Crippen LogP contribution in [0.5, 0.6) is 0 Å². The molecule has 0 aliphatic rings. The minimum Gasteiger partial charge on any atom is -0.302 e. The molecule has 15 nitrogen and oxygen atoms in total. The lowest BCUT2D eigenvalue weighted by molar-refractivity contribution is -0.393. The van der Waals surface area contributed by atoms with Crippen molar-refractivity contribution < 1.29 is 14.8 Å². The average Bonchev–Trinajstić information content (AvgIpc) is 3.32. The van der Waals surface area contributed by atoms with Gasteiger partial charge in [-0.05, 0) is 43.0 Å². The summed E-state index contributed by atoms with van der Waals surface area (Å²) < 4.78 is 1.88. The van der Waals surface area contributed by atoms with E-state index < -0.39 is 26.1 Å². The molecular formula is C22H17N9O6S. The SMILES string of the molecule is CCn1c(Sc2ccc([N+](=O)[O-])cc2/C=N\Nc2ccc([N+](=O)[O-])cc2[N+](=O)[O-])nnc1-c1ccncc1. The van der Waals surface area contributed by atoms with E-state index in [0.29, 0.717) is 28.0 Å². The molecule has 1 N–H and O–H groups in total. The smallest absolute Gasteiger partial charge is 0.301 e. The van der Waals surface area contributed by atoms with Gasteiger partial charge in [0.15, 0.2) is 11.0 Å². The van der Waals surface area contributed by atoms with Gasteiger partial charge in [0.25, 0.3) is 11.4 Å². The van der Waals surface area contributed by atoms with Crippen molar-refractivity contribution in [2.24, 2.45) is 5.10 Å². The second-order valence-electron chi connectivity index (χ2n) is 7.45. The van der Waals surface area contributed by atoms with E-state index in [2.05, 4.69) is 25.7 Å². The van der Waals surface area contributed by atoms with Crippen molar-refractivity contribution in [3.8, 4) is 11.4 Å². The molecule has 0 saturated carbocycles. The van der Waals surface area contributed by atoms with Crippen molar-refractivity contribution >= 4 is 40.7 Å². The maximum atomic E-state index is 11.4. The number of rotatable bonds is 10. The van der Waals surface area contributed by atoms with Gasteiger partial charge in [0.05, 0.1) is 27.1 Å². The molecule has 0 aliphatic heterocycles. The Morgan fingerprint density at radius 1 is 0.947 bits per heavy atom. The summed E-state index contributed by atoms with van der Waals surface area (Å²) in [5.74, 6) is 0.627. The van der Waals surface area contributed by atoms with E-state index >= 15 is 0 Å². The number of hydrogen-bond donors (Lipinski definition) is 1. The van der Waals surface area contributed by atoms with E-state index in [0.717, 1.165) is 23.8 Å². The van der Waals surface area contributed by atoms with E-state index in [4.69, 9.17) is 0 Å². The highest BCUT2D eigenvalue weighted by Gasteiger charge is 2.20. The van der Waals surface area contributed by atoms with Gasteiger partial charge in [-0.15, -0.1) is 10.2 Å². The Balaban J connectivity index is 1.66. The third-order valence-electron chi connectivity index (χ3n) is 5.15. The van der Waals surface area contributed by atoms with Crippen LogP contribution in [-0.4, -0.2) is 40.7 Å². The van der Waals surface area contributed by atoms with Crippen LogP contribution in [0.25, 0.3) is 11.4 Å². The first-order valence-electron chi connectivity index (χ1n) is 10.8. The van der Waals surface area contributed by atoms with Crippen LogP contribution in [0.2, 0.25) is 0 Å². The van der Waals surface area contributed by atoms with Crippen molar-refractivity contribution in [3.63, 3.8) is 0 Å². The lowest BCUT2D eigenvalue weighted by atomic mass is 10.2. The van der Waals surface area contributed by atoms with E-state index in [1.807, 2.05) is 11.5 Å². The van der Waals surface area contributed by atoms with Gasteiger partial charge >= 0.3 is 5.69 Å². The van der Waals surface area contributed by atoms with Gasteiger partial charge in [0.1, 0.15) is 5.69 Å². The first kappa shape index (κ1) is 25.8. The van der Waals surface area contributed by atoms with Crippen LogP contribution in [-0.2, 0) is 6.54 Å². The van der Waals surface area contributed by atoms with Crippen LogP contribution in [0.1, 0.15) is 12.5 Å². The van der Waals surface area contributed by atoms with Crippen molar-refractivity contribution in [1.29, 1.82) is 0 Å². The molecule has 192 valence electrons. The quantitative estimate of drug-likeness (QED) is 0.168. The van der Waals surface area contributed by atoms with Crippen LogP contribution in [0.3, 0.4) is 0 Å². The maximum Gasteiger partial charge on any atom is 0.301 e. The van der Waals surface area contributed by atoms with Crippen molar-refractivity contribution in [2.45, 2.75) is 23.5 Å². The Morgan fingerprint density at radius 2 is 1.63 bits per heavy atom. The summed E-state index contributed by atoms with van der Waals surface area (Å²) >= 11 is 1.21. The van der Waals surface area contributed by atoms with Crippen molar-refractivity contribution in [1.82, 2.24) is 19.7 Å². The highest BCUT2D eigenvalue weighted by atomic mass is 32.2. The number of benzene rings is 2. The standard InChI is InChI=1S/C22H17N9O6S/c1-2-28-21(14-7-9-23-10-8-14)26-27-22(28)38-20-6-4-16(29(32)33)11-15(20)13-24-25-18-5-3-17(30(34)35)12-19(18)31(36)37/h3-13,25H,2H2,1H3/b24-13-. The lowest BCUT2D eigenvalue weighted by Crippen LogP contribution is -2.01. The molecule has 0 saturated heterocycles. The number of anilines is 1. The molecule has 38 heavy (non-hydrogen) atoms. The Kier molecular flexibility index (Phi) is 7.62. The number of non-ortho nitro benzene ring substituents is 2. The summed E-state index contributed by atoms with van der Waals surface area (Å²) in [7, 11) is 0. The summed E-state index contributed by atoms with van der Waals surface area (Å²) in [6.45, 7) is 2.48. The molecule has 2 aromatic heterocycles. The summed E-state index contributed by atoms with van der Waals surface area (Å²) in [4.78, 5) is 36.2. The molecule has 0 amide bonds. The van der Waals surface area contributed by atoms with Crippen LogP contribution in [0.4, 0.5) is 22.7 Å². The van der Waals surface area contributed by atoms with E-state index in [-0.39, 0.29) is 11.4 Å². The van der Waals surface area contributed by atoms with Gasteiger partial charge < -0.3 is 4.57 Å².